The number of carbonyl (C=O) groups excluding carboxylic acids is 3. The van der Waals surface area contributed by atoms with Gasteiger partial charge >= 0.3 is 17.9 Å². The van der Waals surface area contributed by atoms with Crippen molar-refractivity contribution in [3.05, 3.63) is 146 Å². The van der Waals surface area contributed by atoms with Gasteiger partial charge in [-0.3, -0.25) is 14.4 Å². The van der Waals surface area contributed by atoms with Gasteiger partial charge in [0, 0.05) is 19.3 Å². The summed E-state index contributed by atoms with van der Waals surface area (Å²) in [7, 11) is 0. The van der Waals surface area contributed by atoms with Crippen LogP contribution in [0.5, 0.6) is 0 Å². The van der Waals surface area contributed by atoms with E-state index < -0.39 is 12.1 Å². The Morgan fingerprint density at radius 1 is 0.356 bits per heavy atom. The van der Waals surface area contributed by atoms with Gasteiger partial charge in [0.1, 0.15) is 13.2 Å². The molecule has 0 rings (SSSR count). The van der Waals surface area contributed by atoms with Gasteiger partial charge in [0.15, 0.2) is 6.10 Å². The molecule has 0 N–H and O–H groups in total. The molecular weight excluding hydrogens is 733 g/mol. The summed E-state index contributed by atoms with van der Waals surface area (Å²) in [6.07, 6.45) is 65.6. The van der Waals surface area contributed by atoms with E-state index in [4.69, 9.17) is 14.2 Å². The summed E-state index contributed by atoms with van der Waals surface area (Å²) in [6.45, 7) is 6.13. The molecule has 0 saturated heterocycles. The Kier molecular flexibility index (Phi) is 42.3. The monoisotopic (exact) mass is 811 g/mol. The number of carbonyl (C=O) groups is 3. The summed E-state index contributed by atoms with van der Waals surface area (Å²) in [5, 5.41) is 0. The summed E-state index contributed by atoms with van der Waals surface area (Å²) in [5.41, 5.74) is 0. The third-order valence-corrected chi connectivity index (χ3v) is 8.59. The van der Waals surface area contributed by atoms with E-state index in [2.05, 4.69) is 57.2 Å². The maximum atomic E-state index is 12.7. The minimum Gasteiger partial charge on any atom is -0.462 e. The highest BCUT2D eigenvalue weighted by molar-refractivity contribution is 5.71. The van der Waals surface area contributed by atoms with Crippen LogP contribution in [-0.4, -0.2) is 37.2 Å². The highest BCUT2D eigenvalue weighted by atomic mass is 16.6. The number of hydrogen-bond acceptors (Lipinski definition) is 6. The fourth-order valence-corrected chi connectivity index (χ4v) is 5.25. The van der Waals surface area contributed by atoms with Crippen LogP contribution in [0.1, 0.15) is 149 Å². The lowest BCUT2D eigenvalue weighted by Crippen LogP contribution is -2.30. The first-order chi connectivity index (χ1) is 29.0. The fourth-order valence-electron chi connectivity index (χ4n) is 5.25. The van der Waals surface area contributed by atoms with Crippen LogP contribution in [0.3, 0.4) is 0 Å². The van der Waals surface area contributed by atoms with Crippen molar-refractivity contribution in [1.29, 1.82) is 0 Å². The minimum absolute atomic E-state index is 0.143. The maximum absolute atomic E-state index is 12.7. The average Bonchev–Trinajstić information content (AvgIpc) is 3.23. The number of ether oxygens (including phenoxy) is 3. The molecule has 0 aliphatic carbocycles. The average molecular weight is 811 g/mol. The Morgan fingerprint density at radius 2 is 0.678 bits per heavy atom. The Hall–Kier alpha value is -4.71. The SMILES string of the molecule is CC\C=C/C=C\C=C/C=C\C=C/CCCC(=O)OCC(COC(=O)CCCCCCCC/C=C\C=C/CCCCC)OC(=O)CCC\C=C/C=C\C=C/C=C\C=C/CC. The molecule has 0 spiro atoms. The van der Waals surface area contributed by atoms with Crippen molar-refractivity contribution in [3.8, 4) is 0 Å². The molecule has 0 aliphatic rings. The Bertz CT molecular complexity index is 1390. The lowest BCUT2D eigenvalue weighted by molar-refractivity contribution is -0.167. The molecule has 0 fully saturated rings. The molecule has 6 heteroatoms. The molecule has 326 valence electrons. The van der Waals surface area contributed by atoms with Crippen molar-refractivity contribution in [3.63, 3.8) is 0 Å². The van der Waals surface area contributed by atoms with Gasteiger partial charge in [-0.15, -0.1) is 0 Å². The second-order valence-electron chi connectivity index (χ2n) is 14.1. The van der Waals surface area contributed by atoms with Crippen LogP contribution < -0.4 is 0 Å². The van der Waals surface area contributed by atoms with Crippen LogP contribution in [0.2, 0.25) is 0 Å². The molecular formula is C53H78O6. The normalized spacial score (nSPS) is 13.5. The molecule has 1 atom stereocenters. The molecule has 0 amide bonds. The van der Waals surface area contributed by atoms with Crippen LogP contribution >= 0.6 is 0 Å². The maximum Gasteiger partial charge on any atom is 0.306 e. The largest absolute Gasteiger partial charge is 0.462 e. The molecule has 0 radical (unpaired) electrons. The molecule has 59 heavy (non-hydrogen) atoms. The molecule has 0 aromatic rings. The summed E-state index contributed by atoms with van der Waals surface area (Å²) in [5.74, 6) is -1.12. The van der Waals surface area contributed by atoms with Gasteiger partial charge < -0.3 is 14.2 Å². The van der Waals surface area contributed by atoms with Crippen molar-refractivity contribution < 1.29 is 28.6 Å². The van der Waals surface area contributed by atoms with Gasteiger partial charge in [0.2, 0.25) is 0 Å². The van der Waals surface area contributed by atoms with Crippen molar-refractivity contribution in [1.82, 2.24) is 0 Å². The van der Waals surface area contributed by atoms with Crippen LogP contribution in [0.4, 0.5) is 0 Å². The summed E-state index contributed by atoms with van der Waals surface area (Å²) in [6, 6.07) is 0. The topological polar surface area (TPSA) is 78.9 Å². The molecule has 0 aromatic heterocycles. The number of unbranched alkanes of at least 4 members (excludes halogenated alkanes) is 11. The van der Waals surface area contributed by atoms with E-state index in [1.54, 1.807) is 0 Å². The zero-order valence-electron chi connectivity index (χ0n) is 36.9. The Morgan fingerprint density at radius 3 is 1.12 bits per heavy atom. The van der Waals surface area contributed by atoms with E-state index in [0.717, 1.165) is 57.8 Å². The highest BCUT2D eigenvalue weighted by Gasteiger charge is 2.19. The second kappa shape index (κ2) is 46.0. The fraction of sp³-hybridized carbons (Fsp3) is 0.491. The van der Waals surface area contributed by atoms with Crippen LogP contribution in [0.15, 0.2) is 146 Å². The van der Waals surface area contributed by atoms with Gasteiger partial charge in [-0.25, -0.2) is 0 Å². The van der Waals surface area contributed by atoms with Gasteiger partial charge in [-0.05, 0) is 70.6 Å². The van der Waals surface area contributed by atoms with E-state index in [0.29, 0.717) is 25.7 Å². The predicted octanol–water partition coefficient (Wildman–Crippen LogP) is 14.5. The molecule has 0 aromatic carbocycles. The molecule has 6 nitrogen and oxygen atoms in total. The number of rotatable bonds is 37. The lowest BCUT2D eigenvalue weighted by Gasteiger charge is -2.18. The number of allylic oxidation sites excluding steroid dienone is 24. The van der Waals surface area contributed by atoms with Gasteiger partial charge in [-0.1, -0.05) is 205 Å². The van der Waals surface area contributed by atoms with E-state index in [9.17, 15) is 14.4 Å². The quantitative estimate of drug-likeness (QED) is 0.0269. The highest BCUT2D eigenvalue weighted by Crippen LogP contribution is 2.11. The minimum atomic E-state index is -0.853. The molecule has 1 unspecified atom stereocenters. The molecule has 0 heterocycles. The van der Waals surface area contributed by atoms with E-state index in [1.165, 1.54) is 32.1 Å². The number of esters is 3. The summed E-state index contributed by atoms with van der Waals surface area (Å²) < 4.78 is 16.6. The first kappa shape index (κ1) is 54.3. The molecule has 0 saturated carbocycles. The van der Waals surface area contributed by atoms with Gasteiger partial charge in [0.25, 0.3) is 0 Å². The van der Waals surface area contributed by atoms with Crippen LogP contribution in [0.25, 0.3) is 0 Å². The Balaban J connectivity index is 4.66. The summed E-state index contributed by atoms with van der Waals surface area (Å²) in [4.78, 5) is 37.7. The lowest BCUT2D eigenvalue weighted by atomic mass is 10.1. The zero-order valence-corrected chi connectivity index (χ0v) is 36.9. The van der Waals surface area contributed by atoms with Crippen molar-refractivity contribution in [2.45, 2.75) is 155 Å². The van der Waals surface area contributed by atoms with E-state index in [-0.39, 0.29) is 38.0 Å². The van der Waals surface area contributed by atoms with Gasteiger partial charge in [0.05, 0.1) is 0 Å². The third-order valence-electron chi connectivity index (χ3n) is 8.59. The first-order valence-electron chi connectivity index (χ1n) is 22.5. The van der Waals surface area contributed by atoms with E-state index >= 15 is 0 Å². The van der Waals surface area contributed by atoms with Crippen molar-refractivity contribution in [2.75, 3.05) is 13.2 Å². The smallest absolute Gasteiger partial charge is 0.306 e. The molecule has 0 bridgehead atoms. The predicted molar refractivity (Wildman–Crippen MR) is 251 cm³/mol. The molecule has 0 aliphatic heterocycles. The van der Waals surface area contributed by atoms with Gasteiger partial charge in [-0.2, -0.15) is 0 Å². The third kappa shape index (κ3) is 44.2. The van der Waals surface area contributed by atoms with Crippen molar-refractivity contribution >= 4 is 17.9 Å². The Labute approximate surface area is 359 Å². The zero-order chi connectivity index (χ0) is 43.0. The second-order valence-corrected chi connectivity index (χ2v) is 14.1. The van der Waals surface area contributed by atoms with Crippen LogP contribution in [-0.2, 0) is 28.6 Å². The first-order valence-corrected chi connectivity index (χ1v) is 22.5. The van der Waals surface area contributed by atoms with E-state index in [1.807, 2.05) is 109 Å². The van der Waals surface area contributed by atoms with Crippen LogP contribution in [0, 0.1) is 0 Å². The number of hydrogen-bond donors (Lipinski definition) is 0. The summed E-state index contributed by atoms with van der Waals surface area (Å²) >= 11 is 0. The van der Waals surface area contributed by atoms with Crippen molar-refractivity contribution in [2.24, 2.45) is 0 Å². The standard InChI is InChI=1S/C53H78O6/c1-4-7-10-13-16-19-22-25-26-29-31-34-37-40-43-46-52(55)58-49-50(59-53(56)47-44-41-38-35-32-28-24-21-18-15-12-9-6-3)48-57-51(54)45-42-39-36-33-30-27-23-20-17-14-11-8-5-2/h8-9,11-12,14-25,27-28,30,32-33,35-36,38,50H,4-7,10,13,26,29,31,34,37,39-49H2,1-3H3/b11-8-,12-9-,17-14-,18-15-,19-16-,23-20-,24-21-,25-22-,30-27-,32-28-,36-33-,38-35-.